The lowest BCUT2D eigenvalue weighted by atomic mass is 10.2. The van der Waals surface area contributed by atoms with Gasteiger partial charge in [0.1, 0.15) is 17.4 Å². The van der Waals surface area contributed by atoms with Crippen LogP contribution >= 0.6 is 22.9 Å². The van der Waals surface area contributed by atoms with E-state index >= 15 is 0 Å². The molecule has 3 aromatic rings. The lowest BCUT2D eigenvalue weighted by Gasteiger charge is -2.12. The molecule has 0 aliphatic heterocycles. The smallest absolute Gasteiger partial charge is 0.140 e. The molecular formula is C22H23ClN2OS. The minimum atomic E-state index is 0.484. The summed E-state index contributed by atoms with van der Waals surface area (Å²) in [5.74, 6) is 0.893. The number of hydrogen-bond donors (Lipinski definition) is 1. The van der Waals surface area contributed by atoms with Crippen molar-refractivity contribution in [2.75, 3.05) is 0 Å². The summed E-state index contributed by atoms with van der Waals surface area (Å²) in [6, 6.07) is 16.8. The van der Waals surface area contributed by atoms with Crippen LogP contribution in [0.5, 0.6) is 5.75 Å². The minimum Gasteiger partial charge on any atom is -0.486 e. The normalized spacial score (nSPS) is 14.6. The number of nitrogens with one attached hydrogen (secondary N) is 1. The lowest BCUT2D eigenvalue weighted by molar-refractivity contribution is 0.305. The van der Waals surface area contributed by atoms with Crippen molar-refractivity contribution in [2.24, 2.45) is 0 Å². The fraction of sp³-hybridized carbons (Fsp3) is 0.318. The second kappa shape index (κ2) is 8.87. The monoisotopic (exact) mass is 398 g/mol. The van der Waals surface area contributed by atoms with Crippen molar-refractivity contribution in [3.8, 4) is 17.0 Å². The summed E-state index contributed by atoms with van der Waals surface area (Å²) in [7, 11) is 0. The number of aromatic nitrogens is 1. The highest BCUT2D eigenvalue weighted by Crippen LogP contribution is 2.25. The van der Waals surface area contributed by atoms with Crippen molar-refractivity contribution >= 4 is 22.9 Å². The Labute approximate surface area is 169 Å². The van der Waals surface area contributed by atoms with Crippen molar-refractivity contribution in [1.29, 1.82) is 0 Å². The first-order chi connectivity index (χ1) is 13.3. The third-order valence-electron chi connectivity index (χ3n) is 4.90. The predicted molar refractivity (Wildman–Crippen MR) is 112 cm³/mol. The molecule has 0 bridgehead atoms. The molecule has 1 N–H and O–H groups in total. The second-order valence-electron chi connectivity index (χ2n) is 6.93. The van der Waals surface area contributed by atoms with E-state index in [1.165, 1.54) is 31.2 Å². The van der Waals surface area contributed by atoms with Gasteiger partial charge in [0.15, 0.2) is 0 Å². The van der Waals surface area contributed by atoms with E-state index in [0.717, 1.165) is 33.6 Å². The van der Waals surface area contributed by atoms with Gasteiger partial charge in [-0.1, -0.05) is 48.7 Å². The Kier molecular flexibility index (Phi) is 6.07. The van der Waals surface area contributed by atoms with Crippen LogP contribution in [0.3, 0.4) is 0 Å². The van der Waals surface area contributed by atoms with E-state index < -0.39 is 0 Å². The molecule has 2 aromatic carbocycles. The maximum absolute atomic E-state index is 5.97. The Morgan fingerprint density at radius 1 is 1.11 bits per heavy atom. The number of benzene rings is 2. The van der Waals surface area contributed by atoms with E-state index in [1.807, 2.05) is 30.3 Å². The maximum atomic E-state index is 5.97. The third-order valence-corrected chi connectivity index (χ3v) is 5.98. The SMILES string of the molecule is Clc1ccc(-c2csc(COc3cccc(CNC4CCCC4)c3)n2)cc1. The zero-order valence-electron chi connectivity index (χ0n) is 15.2. The van der Waals surface area contributed by atoms with Crippen molar-refractivity contribution in [3.63, 3.8) is 0 Å². The molecule has 0 spiro atoms. The molecule has 1 aliphatic carbocycles. The van der Waals surface area contributed by atoms with Crippen LogP contribution in [0.2, 0.25) is 5.02 Å². The number of ether oxygens (including phenoxy) is 1. The van der Waals surface area contributed by atoms with Crippen molar-refractivity contribution in [2.45, 2.75) is 44.9 Å². The zero-order valence-corrected chi connectivity index (χ0v) is 16.7. The highest BCUT2D eigenvalue weighted by Gasteiger charge is 2.13. The van der Waals surface area contributed by atoms with E-state index in [-0.39, 0.29) is 0 Å². The fourth-order valence-electron chi connectivity index (χ4n) is 3.41. The number of nitrogens with zero attached hydrogens (tertiary/aromatic N) is 1. The van der Waals surface area contributed by atoms with E-state index in [2.05, 4.69) is 33.9 Å². The van der Waals surface area contributed by atoms with Gasteiger partial charge in [0.25, 0.3) is 0 Å². The quantitative estimate of drug-likeness (QED) is 0.524. The summed E-state index contributed by atoms with van der Waals surface area (Å²) in [6.07, 6.45) is 5.31. The maximum Gasteiger partial charge on any atom is 0.140 e. The average Bonchev–Trinajstić information content (AvgIpc) is 3.38. The first-order valence-corrected chi connectivity index (χ1v) is 10.7. The Morgan fingerprint density at radius 3 is 2.74 bits per heavy atom. The summed E-state index contributed by atoms with van der Waals surface area (Å²) in [6.45, 7) is 1.39. The summed E-state index contributed by atoms with van der Waals surface area (Å²) in [5.41, 5.74) is 3.30. The molecule has 0 amide bonds. The summed E-state index contributed by atoms with van der Waals surface area (Å²) in [4.78, 5) is 4.67. The van der Waals surface area contributed by atoms with Gasteiger partial charge in [-0.15, -0.1) is 11.3 Å². The molecule has 1 aromatic heterocycles. The van der Waals surface area contributed by atoms with Gasteiger partial charge in [0.05, 0.1) is 5.69 Å². The number of halogens is 1. The van der Waals surface area contributed by atoms with Crippen LogP contribution in [0, 0.1) is 0 Å². The second-order valence-corrected chi connectivity index (χ2v) is 8.31. The van der Waals surface area contributed by atoms with Crippen LogP contribution < -0.4 is 10.1 Å². The van der Waals surface area contributed by atoms with Crippen LogP contribution in [0.25, 0.3) is 11.3 Å². The van der Waals surface area contributed by atoms with Crippen molar-refractivity contribution in [3.05, 3.63) is 69.5 Å². The first kappa shape index (κ1) is 18.5. The Bertz CT molecular complexity index is 872. The number of rotatable bonds is 7. The predicted octanol–water partition coefficient (Wildman–Crippen LogP) is 6.07. The molecular weight excluding hydrogens is 376 g/mol. The van der Waals surface area contributed by atoms with Gasteiger partial charge < -0.3 is 10.1 Å². The standard InChI is InChI=1S/C22H23ClN2OS/c23-18-10-8-17(9-11-18)21-15-27-22(25-21)14-26-20-7-3-4-16(12-20)13-24-19-5-1-2-6-19/h3-4,7-12,15,19,24H,1-2,5-6,13-14H2. The van der Waals surface area contributed by atoms with Crippen LogP contribution in [0.15, 0.2) is 53.9 Å². The molecule has 3 nitrogen and oxygen atoms in total. The summed E-state index contributed by atoms with van der Waals surface area (Å²) < 4.78 is 5.97. The van der Waals surface area contributed by atoms with E-state index in [9.17, 15) is 0 Å². The van der Waals surface area contributed by atoms with Gasteiger partial charge in [-0.25, -0.2) is 4.98 Å². The van der Waals surface area contributed by atoms with Crippen LogP contribution in [0.1, 0.15) is 36.3 Å². The lowest BCUT2D eigenvalue weighted by Crippen LogP contribution is -2.25. The van der Waals surface area contributed by atoms with E-state index in [0.29, 0.717) is 12.6 Å². The largest absolute Gasteiger partial charge is 0.486 e. The highest BCUT2D eigenvalue weighted by atomic mass is 35.5. The van der Waals surface area contributed by atoms with Gasteiger partial charge in [0.2, 0.25) is 0 Å². The Balaban J connectivity index is 1.33. The van der Waals surface area contributed by atoms with Crippen LogP contribution in [0.4, 0.5) is 0 Å². The molecule has 0 atom stereocenters. The Hall–Kier alpha value is -1.88. The molecule has 0 unspecified atom stereocenters. The molecule has 1 heterocycles. The third kappa shape index (κ3) is 5.10. The molecule has 1 fully saturated rings. The van der Waals surface area contributed by atoms with Crippen LogP contribution in [-0.2, 0) is 13.2 Å². The van der Waals surface area contributed by atoms with E-state index in [1.54, 1.807) is 11.3 Å². The first-order valence-electron chi connectivity index (χ1n) is 9.42. The molecule has 27 heavy (non-hydrogen) atoms. The molecule has 1 saturated carbocycles. The molecule has 4 rings (SSSR count). The number of hydrogen-bond acceptors (Lipinski definition) is 4. The highest BCUT2D eigenvalue weighted by molar-refractivity contribution is 7.09. The molecule has 5 heteroatoms. The minimum absolute atomic E-state index is 0.484. The summed E-state index contributed by atoms with van der Waals surface area (Å²) >= 11 is 7.57. The van der Waals surface area contributed by atoms with Gasteiger partial charge in [-0.2, -0.15) is 0 Å². The summed E-state index contributed by atoms with van der Waals surface area (Å²) in [5, 5.41) is 7.41. The van der Waals surface area contributed by atoms with Crippen molar-refractivity contribution in [1.82, 2.24) is 10.3 Å². The van der Waals surface area contributed by atoms with Gasteiger partial charge in [-0.05, 0) is 42.7 Å². The molecule has 1 aliphatic rings. The fourth-order valence-corrected chi connectivity index (χ4v) is 4.25. The van der Waals surface area contributed by atoms with Gasteiger partial charge in [0, 0.05) is 28.6 Å². The van der Waals surface area contributed by atoms with Crippen LogP contribution in [-0.4, -0.2) is 11.0 Å². The van der Waals surface area contributed by atoms with Crippen molar-refractivity contribution < 1.29 is 4.74 Å². The zero-order chi connectivity index (χ0) is 18.5. The molecule has 140 valence electrons. The molecule has 0 radical (unpaired) electrons. The average molecular weight is 399 g/mol. The molecule has 0 saturated heterocycles. The van der Waals surface area contributed by atoms with Gasteiger partial charge >= 0.3 is 0 Å². The number of thiazole rings is 1. The van der Waals surface area contributed by atoms with E-state index in [4.69, 9.17) is 16.3 Å². The Morgan fingerprint density at radius 2 is 1.93 bits per heavy atom. The van der Waals surface area contributed by atoms with Gasteiger partial charge in [-0.3, -0.25) is 0 Å². The topological polar surface area (TPSA) is 34.1 Å².